The Balaban J connectivity index is 1.93. The Morgan fingerprint density at radius 3 is 2.62 bits per heavy atom. The molecule has 5 nitrogen and oxygen atoms in total. The van der Waals surface area contributed by atoms with Gasteiger partial charge in [-0.3, -0.25) is 0 Å². The number of hydrogen-bond acceptors (Lipinski definition) is 3. The number of pyridine rings is 1. The molecule has 1 heterocycles. The average molecular weight is 349 g/mol. The third-order valence-electron chi connectivity index (χ3n) is 3.04. The molecular formula is C15H17BrN4O. The van der Waals surface area contributed by atoms with Gasteiger partial charge in [-0.05, 0) is 52.7 Å². The van der Waals surface area contributed by atoms with E-state index in [4.69, 9.17) is 5.73 Å². The highest BCUT2D eigenvalue weighted by Crippen LogP contribution is 2.16. The molecule has 0 radical (unpaired) electrons. The molecule has 0 bridgehead atoms. The minimum Gasteiger partial charge on any atom is -0.351 e. The highest BCUT2D eigenvalue weighted by molar-refractivity contribution is 9.10. The first-order valence-electron chi connectivity index (χ1n) is 6.56. The van der Waals surface area contributed by atoms with Gasteiger partial charge in [-0.15, -0.1) is 0 Å². The molecule has 6 heteroatoms. The van der Waals surface area contributed by atoms with Gasteiger partial charge >= 0.3 is 6.03 Å². The topological polar surface area (TPSA) is 80.0 Å². The molecule has 1 atom stereocenters. The first-order valence-corrected chi connectivity index (χ1v) is 7.35. The standard InChI is InChI=1S/C15H17BrN4O/c1-10(18-9-13-3-2-4-14(16)19-13)11-5-7-12(8-6-11)20-15(17)21/h2-8,10,18H,9H2,1H3,(H3,17,20,21). The van der Waals surface area contributed by atoms with Gasteiger partial charge in [-0.1, -0.05) is 18.2 Å². The van der Waals surface area contributed by atoms with Crippen LogP contribution in [0.2, 0.25) is 0 Å². The number of hydrogen-bond donors (Lipinski definition) is 3. The van der Waals surface area contributed by atoms with Crippen LogP contribution in [0.25, 0.3) is 0 Å². The molecule has 4 N–H and O–H groups in total. The van der Waals surface area contributed by atoms with Crippen LogP contribution in [0, 0.1) is 0 Å². The van der Waals surface area contributed by atoms with Gasteiger partial charge in [0.15, 0.2) is 0 Å². The van der Waals surface area contributed by atoms with E-state index in [1.165, 1.54) is 0 Å². The third kappa shape index (κ3) is 4.84. The molecule has 0 fully saturated rings. The number of nitrogens with two attached hydrogens (primary N) is 1. The van der Waals surface area contributed by atoms with Crippen molar-refractivity contribution >= 4 is 27.6 Å². The average Bonchev–Trinajstić information content (AvgIpc) is 2.45. The molecule has 0 spiro atoms. The number of anilines is 1. The fourth-order valence-electron chi connectivity index (χ4n) is 1.92. The van der Waals surface area contributed by atoms with Gasteiger partial charge < -0.3 is 16.4 Å². The zero-order chi connectivity index (χ0) is 15.2. The van der Waals surface area contributed by atoms with Crippen molar-refractivity contribution in [1.82, 2.24) is 10.3 Å². The zero-order valence-corrected chi connectivity index (χ0v) is 13.2. The predicted molar refractivity (Wildman–Crippen MR) is 86.8 cm³/mol. The van der Waals surface area contributed by atoms with Crippen molar-refractivity contribution in [3.63, 3.8) is 0 Å². The van der Waals surface area contributed by atoms with Gasteiger partial charge in [0.05, 0.1) is 5.69 Å². The van der Waals surface area contributed by atoms with Crippen molar-refractivity contribution in [3.8, 4) is 0 Å². The van der Waals surface area contributed by atoms with Crippen LogP contribution in [0.3, 0.4) is 0 Å². The summed E-state index contributed by atoms with van der Waals surface area (Å²) >= 11 is 3.36. The van der Waals surface area contributed by atoms with E-state index in [1.807, 2.05) is 42.5 Å². The fourth-order valence-corrected chi connectivity index (χ4v) is 2.30. The molecule has 2 aromatic rings. The normalized spacial score (nSPS) is 11.9. The van der Waals surface area contributed by atoms with E-state index in [0.29, 0.717) is 12.2 Å². The number of carbonyl (C=O) groups excluding carboxylic acids is 1. The number of nitrogens with one attached hydrogen (secondary N) is 2. The Morgan fingerprint density at radius 1 is 1.29 bits per heavy atom. The van der Waals surface area contributed by atoms with Crippen LogP contribution in [0.5, 0.6) is 0 Å². The quantitative estimate of drug-likeness (QED) is 0.726. The molecule has 1 unspecified atom stereocenters. The molecule has 21 heavy (non-hydrogen) atoms. The molecule has 2 amide bonds. The minimum absolute atomic E-state index is 0.174. The largest absolute Gasteiger partial charge is 0.351 e. The maximum absolute atomic E-state index is 10.8. The Hall–Kier alpha value is -1.92. The van der Waals surface area contributed by atoms with Crippen molar-refractivity contribution in [2.75, 3.05) is 5.32 Å². The summed E-state index contributed by atoms with van der Waals surface area (Å²) in [5.41, 5.74) is 7.86. The second-order valence-electron chi connectivity index (χ2n) is 4.67. The molecule has 0 saturated heterocycles. The van der Waals surface area contributed by atoms with Crippen LogP contribution < -0.4 is 16.4 Å². The van der Waals surface area contributed by atoms with Gasteiger partial charge in [0.25, 0.3) is 0 Å². The van der Waals surface area contributed by atoms with Crippen LogP contribution >= 0.6 is 15.9 Å². The monoisotopic (exact) mass is 348 g/mol. The smallest absolute Gasteiger partial charge is 0.316 e. The molecule has 0 aliphatic heterocycles. The zero-order valence-electron chi connectivity index (χ0n) is 11.6. The Morgan fingerprint density at radius 2 is 2.00 bits per heavy atom. The summed E-state index contributed by atoms with van der Waals surface area (Å²) in [6, 6.07) is 13.0. The predicted octanol–water partition coefficient (Wildman–Crippen LogP) is 3.19. The van der Waals surface area contributed by atoms with E-state index in [1.54, 1.807) is 0 Å². The molecule has 0 aliphatic rings. The summed E-state index contributed by atoms with van der Waals surface area (Å²) in [7, 11) is 0. The Bertz CT molecular complexity index is 615. The Labute approximate surface area is 132 Å². The SMILES string of the molecule is CC(NCc1cccc(Br)n1)c1ccc(NC(N)=O)cc1. The van der Waals surface area contributed by atoms with E-state index < -0.39 is 6.03 Å². The van der Waals surface area contributed by atoms with Crippen LogP contribution in [-0.2, 0) is 6.54 Å². The molecule has 1 aromatic heterocycles. The van der Waals surface area contributed by atoms with Gasteiger partial charge in [-0.2, -0.15) is 0 Å². The summed E-state index contributed by atoms with van der Waals surface area (Å²) in [4.78, 5) is 15.1. The molecule has 0 aliphatic carbocycles. The Kier molecular flexibility index (Phi) is 5.30. The lowest BCUT2D eigenvalue weighted by atomic mass is 10.1. The van der Waals surface area contributed by atoms with Crippen LogP contribution in [-0.4, -0.2) is 11.0 Å². The number of benzene rings is 1. The minimum atomic E-state index is -0.561. The fraction of sp³-hybridized carbons (Fsp3) is 0.200. The number of halogens is 1. The number of aromatic nitrogens is 1. The van der Waals surface area contributed by atoms with Gasteiger partial charge in [0, 0.05) is 18.3 Å². The first kappa shape index (κ1) is 15.5. The number of amides is 2. The third-order valence-corrected chi connectivity index (χ3v) is 3.48. The number of carbonyl (C=O) groups is 1. The summed E-state index contributed by atoms with van der Waals surface area (Å²) in [6.07, 6.45) is 0. The highest BCUT2D eigenvalue weighted by Gasteiger charge is 2.06. The number of rotatable bonds is 5. The number of urea groups is 1. The highest BCUT2D eigenvalue weighted by atomic mass is 79.9. The summed E-state index contributed by atoms with van der Waals surface area (Å²) < 4.78 is 0.830. The lowest BCUT2D eigenvalue weighted by molar-refractivity contribution is 0.259. The van der Waals surface area contributed by atoms with Gasteiger partial charge in [-0.25, -0.2) is 9.78 Å². The van der Waals surface area contributed by atoms with Crippen LogP contribution in [0.15, 0.2) is 47.1 Å². The van der Waals surface area contributed by atoms with Gasteiger partial charge in [0.2, 0.25) is 0 Å². The number of primary amides is 1. The lowest BCUT2D eigenvalue weighted by Gasteiger charge is -2.14. The second-order valence-corrected chi connectivity index (χ2v) is 5.48. The maximum Gasteiger partial charge on any atom is 0.316 e. The van der Waals surface area contributed by atoms with Crippen molar-refractivity contribution < 1.29 is 4.79 Å². The van der Waals surface area contributed by atoms with E-state index in [-0.39, 0.29) is 6.04 Å². The van der Waals surface area contributed by atoms with Crippen LogP contribution in [0.4, 0.5) is 10.5 Å². The summed E-state index contributed by atoms with van der Waals surface area (Å²) in [5.74, 6) is 0. The van der Waals surface area contributed by atoms with Crippen LogP contribution in [0.1, 0.15) is 24.2 Å². The molecule has 0 saturated carbocycles. The van der Waals surface area contributed by atoms with Crippen molar-refractivity contribution in [3.05, 3.63) is 58.3 Å². The molecule has 2 rings (SSSR count). The molecule has 1 aromatic carbocycles. The van der Waals surface area contributed by atoms with Crippen molar-refractivity contribution in [2.24, 2.45) is 5.73 Å². The van der Waals surface area contributed by atoms with Gasteiger partial charge in [0.1, 0.15) is 4.60 Å². The molecular weight excluding hydrogens is 332 g/mol. The second kappa shape index (κ2) is 7.19. The van der Waals surface area contributed by atoms with Crippen molar-refractivity contribution in [1.29, 1.82) is 0 Å². The number of nitrogens with zero attached hydrogens (tertiary/aromatic N) is 1. The van der Waals surface area contributed by atoms with E-state index in [9.17, 15) is 4.79 Å². The summed E-state index contributed by atoms with van der Waals surface area (Å²) in [6.45, 7) is 2.76. The van der Waals surface area contributed by atoms with E-state index in [2.05, 4.69) is 38.5 Å². The maximum atomic E-state index is 10.8. The summed E-state index contributed by atoms with van der Waals surface area (Å²) in [5, 5.41) is 5.95. The molecule has 110 valence electrons. The van der Waals surface area contributed by atoms with Crippen molar-refractivity contribution in [2.45, 2.75) is 19.5 Å². The van der Waals surface area contributed by atoms with E-state index >= 15 is 0 Å². The first-order chi connectivity index (χ1) is 10.0. The van der Waals surface area contributed by atoms with E-state index in [0.717, 1.165) is 15.9 Å². The lowest BCUT2D eigenvalue weighted by Crippen LogP contribution is -2.20.